The number of nitrogens with zero attached hydrogens (tertiary/aromatic N) is 1. The van der Waals surface area contributed by atoms with E-state index >= 15 is 0 Å². The van der Waals surface area contributed by atoms with Crippen LogP contribution in [0.25, 0.3) is 11.3 Å². The number of H-pyrrole nitrogens is 1. The van der Waals surface area contributed by atoms with E-state index in [2.05, 4.69) is 38.3 Å². The van der Waals surface area contributed by atoms with E-state index in [1.54, 1.807) is 0 Å². The zero-order valence-corrected chi connectivity index (χ0v) is 15.6. The number of anilines is 1. The summed E-state index contributed by atoms with van der Waals surface area (Å²) in [7, 11) is 0. The lowest BCUT2D eigenvalue weighted by atomic mass is 10.1. The van der Waals surface area contributed by atoms with Crippen LogP contribution in [0.4, 0.5) is 10.5 Å². The quantitative estimate of drug-likeness (QED) is 0.514. The summed E-state index contributed by atoms with van der Waals surface area (Å²) in [6.45, 7) is 5.31. The number of nitrogens with one attached hydrogen (secondary N) is 4. The maximum atomic E-state index is 11.7. The molecule has 0 spiro atoms. The van der Waals surface area contributed by atoms with E-state index in [9.17, 15) is 4.79 Å². The molecule has 0 aliphatic carbocycles. The minimum Gasteiger partial charge on any atom is -0.336 e. The van der Waals surface area contributed by atoms with Gasteiger partial charge in [-0.1, -0.05) is 42.5 Å². The summed E-state index contributed by atoms with van der Waals surface area (Å²) in [5.41, 5.74) is 5.22. The zero-order chi connectivity index (χ0) is 19.1. The summed E-state index contributed by atoms with van der Waals surface area (Å²) in [5, 5.41) is 16.3. The predicted octanol–water partition coefficient (Wildman–Crippen LogP) is 3.90. The SMILES string of the molecule is CC(C)NC(=O)Nc1ccc(CNCc2cn[nH]c2-c2ccccc2)cc1. The number of hydrogen-bond acceptors (Lipinski definition) is 3. The topological polar surface area (TPSA) is 81.8 Å². The van der Waals surface area contributed by atoms with Crippen LogP contribution in [-0.2, 0) is 13.1 Å². The molecular weight excluding hydrogens is 338 g/mol. The van der Waals surface area contributed by atoms with Gasteiger partial charge in [-0.3, -0.25) is 5.10 Å². The number of aromatic nitrogens is 2. The van der Waals surface area contributed by atoms with Gasteiger partial charge in [-0.05, 0) is 37.1 Å². The smallest absolute Gasteiger partial charge is 0.319 e. The van der Waals surface area contributed by atoms with Crippen molar-refractivity contribution in [2.75, 3.05) is 5.32 Å². The van der Waals surface area contributed by atoms with E-state index in [0.29, 0.717) is 0 Å². The second-order valence-corrected chi connectivity index (χ2v) is 6.69. The highest BCUT2D eigenvalue weighted by Crippen LogP contribution is 2.20. The third-order valence-electron chi connectivity index (χ3n) is 4.06. The Labute approximate surface area is 159 Å². The van der Waals surface area contributed by atoms with Crippen molar-refractivity contribution in [2.45, 2.75) is 33.0 Å². The van der Waals surface area contributed by atoms with Crippen molar-refractivity contribution in [1.82, 2.24) is 20.8 Å². The minimum atomic E-state index is -0.190. The Kier molecular flexibility index (Phi) is 6.22. The molecule has 0 unspecified atom stereocenters. The largest absolute Gasteiger partial charge is 0.336 e. The molecule has 0 atom stereocenters. The number of carbonyl (C=O) groups is 1. The molecule has 2 amide bonds. The molecule has 0 saturated heterocycles. The first-order chi connectivity index (χ1) is 13.1. The molecule has 6 nitrogen and oxygen atoms in total. The lowest BCUT2D eigenvalue weighted by molar-refractivity contribution is 0.250. The van der Waals surface area contributed by atoms with E-state index in [4.69, 9.17) is 0 Å². The first-order valence-electron chi connectivity index (χ1n) is 9.06. The minimum absolute atomic E-state index is 0.108. The molecule has 0 fully saturated rings. The Morgan fingerprint density at radius 1 is 1.04 bits per heavy atom. The number of aromatic amines is 1. The molecule has 0 saturated carbocycles. The predicted molar refractivity (Wildman–Crippen MR) is 108 cm³/mol. The highest BCUT2D eigenvalue weighted by atomic mass is 16.2. The highest BCUT2D eigenvalue weighted by molar-refractivity contribution is 5.89. The van der Waals surface area contributed by atoms with Crippen molar-refractivity contribution in [2.24, 2.45) is 0 Å². The van der Waals surface area contributed by atoms with Gasteiger partial charge in [-0.25, -0.2) is 4.79 Å². The second-order valence-electron chi connectivity index (χ2n) is 6.69. The first kappa shape index (κ1) is 18.7. The molecule has 0 aliphatic heterocycles. The second kappa shape index (κ2) is 9.00. The average molecular weight is 363 g/mol. The molecule has 0 bridgehead atoms. The van der Waals surface area contributed by atoms with E-state index in [1.165, 1.54) is 0 Å². The summed E-state index contributed by atoms with van der Waals surface area (Å²) in [6.07, 6.45) is 1.86. The van der Waals surface area contributed by atoms with Crippen molar-refractivity contribution >= 4 is 11.7 Å². The summed E-state index contributed by atoms with van der Waals surface area (Å²) in [5.74, 6) is 0. The van der Waals surface area contributed by atoms with Gasteiger partial charge in [0.1, 0.15) is 0 Å². The van der Waals surface area contributed by atoms with Crippen molar-refractivity contribution in [1.29, 1.82) is 0 Å². The number of amides is 2. The third-order valence-corrected chi connectivity index (χ3v) is 4.06. The lowest BCUT2D eigenvalue weighted by Gasteiger charge is -2.11. The van der Waals surface area contributed by atoms with E-state index in [1.807, 2.05) is 62.5 Å². The summed E-state index contributed by atoms with van der Waals surface area (Å²) in [6, 6.07) is 17.9. The molecule has 3 aromatic rings. The van der Waals surface area contributed by atoms with E-state index in [-0.39, 0.29) is 12.1 Å². The van der Waals surface area contributed by atoms with Crippen LogP contribution in [0.5, 0.6) is 0 Å². The molecule has 4 N–H and O–H groups in total. The van der Waals surface area contributed by atoms with E-state index in [0.717, 1.165) is 41.2 Å². The fourth-order valence-electron chi connectivity index (χ4n) is 2.78. The van der Waals surface area contributed by atoms with Crippen molar-refractivity contribution in [3.8, 4) is 11.3 Å². The highest BCUT2D eigenvalue weighted by Gasteiger charge is 2.07. The van der Waals surface area contributed by atoms with Gasteiger partial charge in [0.05, 0.1) is 11.9 Å². The van der Waals surface area contributed by atoms with Gasteiger partial charge in [-0.15, -0.1) is 0 Å². The molecule has 3 rings (SSSR count). The number of hydrogen-bond donors (Lipinski definition) is 4. The van der Waals surface area contributed by atoms with Gasteiger partial charge in [-0.2, -0.15) is 5.10 Å². The fourth-order valence-corrected chi connectivity index (χ4v) is 2.78. The van der Waals surface area contributed by atoms with Crippen LogP contribution >= 0.6 is 0 Å². The summed E-state index contributed by atoms with van der Waals surface area (Å²) < 4.78 is 0. The zero-order valence-electron chi connectivity index (χ0n) is 15.6. The molecule has 0 radical (unpaired) electrons. The Hall–Kier alpha value is -3.12. The average Bonchev–Trinajstić information content (AvgIpc) is 3.12. The van der Waals surface area contributed by atoms with Crippen LogP contribution in [-0.4, -0.2) is 22.3 Å². The number of rotatable bonds is 7. The molecular formula is C21H25N5O. The molecule has 1 heterocycles. The third kappa shape index (κ3) is 5.43. The van der Waals surface area contributed by atoms with Gasteiger partial charge in [0.15, 0.2) is 0 Å². The molecule has 140 valence electrons. The summed E-state index contributed by atoms with van der Waals surface area (Å²) >= 11 is 0. The monoisotopic (exact) mass is 363 g/mol. The lowest BCUT2D eigenvalue weighted by Crippen LogP contribution is -2.34. The Balaban J connectivity index is 1.52. The van der Waals surface area contributed by atoms with Gasteiger partial charge >= 0.3 is 6.03 Å². The molecule has 0 aliphatic rings. The van der Waals surface area contributed by atoms with Crippen LogP contribution in [0.1, 0.15) is 25.0 Å². The standard InChI is InChI=1S/C21H25N5O/c1-15(2)24-21(27)25-19-10-8-16(9-11-19)12-22-13-18-14-23-26-20(18)17-6-4-3-5-7-17/h3-11,14-15,22H,12-13H2,1-2H3,(H,23,26)(H2,24,25,27). The van der Waals surface area contributed by atoms with Crippen LogP contribution in [0, 0.1) is 0 Å². The van der Waals surface area contributed by atoms with Gasteiger partial charge in [0.25, 0.3) is 0 Å². The number of urea groups is 1. The van der Waals surface area contributed by atoms with Gasteiger partial charge < -0.3 is 16.0 Å². The van der Waals surface area contributed by atoms with Gasteiger partial charge in [0, 0.05) is 30.4 Å². The molecule has 6 heteroatoms. The molecule has 2 aromatic carbocycles. The molecule has 1 aromatic heterocycles. The Morgan fingerprint density at radius 3 is 2.48 bits per heavy atom. The van der Waals surface area contributed by atoms with Crippen molar-refractivity contribution in [3.63, 3.8) is 0 Å². The number of carbonyl (C=O) groups excluding carboxylic acids is 1. The molecule has 27 heavy (non-hydrogen) atoms. The normalized spacial score (nSPS) is 10.8. The van der Waals surface area contributed by atoms with Gasteiger partial charge in [0.2, 0.25) is 0 Å². The van der Waals surface area contributed by atoms with Crippen LogP contribution in [0.3, 0.4) is 0 Å². The van der Waals surface area contributed by atoms with Crippen LogP contribution in [0.15, 0.2) is 60.8 Å². The van der Waals surface area contributed by atoms with Crippen LogP contribution in [0.2, 0.25) is 0 Å². The maximum absolute atomic E-state index is 11.7. The van der Waals surface area contributed by atoms with Crippen molar-refractivity contribution < 1.29 is 4.79 Å². The fraction of sp³-hybridized carbons (Fsp3) is 0.238. The Morgan fingerprint density at radius 2 is 1.78 bits per heavy atom. The van der Waals surface area contributed by atoms with Crippen molar-refractivity contribution in [3.05, 3.63) is 71.9 Å². The first-order valence-corrected chi connectivity index (χ1v) is 9.06. The van der Waals surface area contributed by atoms with E-state index < -0.39 is 0 Å². The number of benzene rings is 2. The van der Waals surface area contributed by atoms with Crippen LogP contribution < -0.4 is 16.0 Å². The maximum Gasteiger partial charge on any atom is 0.319 e. The Bertz CT molecular complexity index is 856. The summed E-state index contributed by atoms with van der Waals surface area (Å²) in [4.78, 5) is 11.7.